The molecule has 1 aliphatic carbocycles. The summed E-state index contributed by atoms with van der Waals surface area (Å²) in [6, 6.07) is 6.47. The van der Waals surface area contributed by atoms with Crippen LogP contribution in [0.2, 0.25) is 0 Å². The van der Waals surface area contributed by atoms with E-state index in [2.05, 4.69) is 26.1 Å². The second kappa shape index (κ2) is 6.76. The summed E-state index contributed by atoms with van der Waals surface area (Å²) < 4.78 is 15.4. The fraction of sp³-hybridized carbons (Fsp3) is 0.647. The lowest BCUT2D eigenvalue weighted by Crippen LogP contribution is -2.38. The van der Waals surface area contributed by atoms with E-state index in [0.717, 1.165) is 23.1 Å². The molecule has 1 aliphatic heterocycles. The number of hydrogen-bond acceptors (Lipinski definition) is 2. The molecule has 116 valence electrons. The Morgan fingerprint density at radius 1 is 1.29 bits per heavy atom. The number of benzene rings is 1. The standard InChI is InChI=1S/C17H24BrFN2/c1-20-11-12-4-2-3-9-21(14-6-7-14)17(12)15-8-5-13(18)10-16(15)19/h5,8,10,12,14,17,20H,2-4,6-7,9,11H2,1H3. The first kappa shape index (κ1) is 15.4. The molecule has 0 spiro atoms. The van der Waals surface area contributed by atoms with Crippen molar-refractivity contribution in [2.45, 2.75) is 44.2 Å². The van der Waals surface area contributed by atoms with Crippen molar-refractivity contribution in [3.05, 3.63) is 34.1 Å². The van der Waals surface area contributed by atoms with E-state index in [4.69, 9.17) is 0 Å². The maximum Gasteiger partial charge on any atom is 0.129 e. The third-order valence-electron chi connectivity index (χ3n) is 4.81. The Morgan fingerprint density at radius 2 is 2.10 bits per heavy atom. The first-order valence-electron chi connectivity index (χ1n) is 8.06. The van der Waals surface area contributed by atoms with Crippen LogP contribution in [-0.2, 0) is 0 Å². The molecule has 0 bridgehead atoms. The van der Waals surface area contributed by atoms with Crippen molar-refractivity contribution >= 4 is 15.9 Å². The van der Waals surface area contributed by atoms with Crippen LogP contribution in [0.4, 0.5) is 4.39 Å². The van der Waals surface area contributed by atoms with Crippen LogP contribution in [-0.4, -0.2) is 31.1 Å². The topological polar surface area (TPSA) is 15.3 Å². The summed E-state index contributed by atoms with van der Waals surface area (Å²) in [5, 5.41) is 3.32. The molecule has 2 aliphatic rings. The Balaban J connectivity index is 1.96. The molecule has 0 radical (unpaired) electrons. The fourth-order valence-corrected chi connectivity index (χ4v) is 4.07. The van der Waals surface area contributed by atoms with E-state index in [1.54, 1.807) is 6.07 Å². The molecule has 2 nitrogen and oxygen atoms in total. The van der Waals surface area contributed by atoms with Gasteiger partial charge in [-0.3, -0.25) is 4.90 Å². The van der Waals surface area contributed by atoms with Crippen molar-refractivity contribution in [1.82, 2.24) is 10.2 Å². The summed E-state index contributed by atoms with van der Waals surface area (Å²) >= 11 is 3.37. The van der Waals surface area contributed by atoms with Crippen LogP contribution >= 0.6 is 15.9 Å². The Bertz CT molecular complexity index is 490. The van der Waals surface area contributed by atoms with E-state index in [0.29, 0.717) is 12.0 Å². The van der Waals surface area contributed by atoms with Gasteiger partial charge in [-0.25, -0.2) is 4.39 Å². The molecular weight excluding hydrogens is 331 g/mol. The van der Waals surface area contributed by atoms with Gasteiger partial charge in [-0.05, 0) is 63.9 Å². The minimum atomic E-state index is -0.0666. The highest BCUT2D eigenvalue weighted by Crippen LogP contribution is 2.42. The minimum Gasteiger partial charge on any atom is -0.319 e. The van der Waals surface area contributed by atoms with Gasteiger partial charge in [-0.15, -0.1) is 0 Å². The monoisotopic (exact) mass is 354 g/mol. The van der Waals surface area contributed by atoms with Gasteiger partial charge >= 0.3 is 0 Å². The molecule has 1 aromatic rings. The summed E-state index contributed by atoms with van der Waals surface area (Å²) in [7, 11) is 2.00. The Morgan fingerprint density at radius 3 is 2.76 bits per heavy atom. The van der Waals surface area contributed by atoms with Crippen LogP contribution in [0.5, 0.6) is 0 Å². The van der Waals surface area contributed by atoms with Gasteiger partial charge in [0, 0.05) is 22.1 Å². The van der Waals surface area contributed by atoms with Gasteiger partial charge in [-0.1, -0.05) is 28.4 Å². The molecule has 2 atom stereocenters. The predicted octanol–water partition coefficient (Wildman–Crippen LogP) is 4.11. The molecule has 21 heavy (non-hydrogen) atoms. The Kier molecular flexibility index (Phi) is 4.97. The molecule has 0 amide bonds. The average Bonchev–Trinajstić information content (AvgIpc) is 3.26. The molecule has 4 heteroatoms. The third-order valence-corrected chi connectivity index (χ3v) is 5.30. The Hall–Kier alpha value is -0.450. The van der Waals surface area contributed by atoms with Crippen LogP contribution in [0.15, 0.2) is 22.7 Å². The SMILES string of the molecule is CNCC1CCCCN(C2CC2)C1c1ccc(Br)cc1F. The van der Waals surface area contributed by atoms with E-state index < -0.39 is 0 Å². The fourth-order valence-electron chi connectivity index (χ4n) is 3.73. The summed E-state index contributed by atoms with van der Waals surface area (Å²) in [6.07, 6.45) is 6.24. The predicted molar refractivity (Wildman–Crippen MR) is 87.8 cm³/mol. The number of nitrogens with one attached hydrogen (secondary N) is 1. The van der Waals surface area contributed by atoms with Crippen molar-refractivity contribution in [3.63, 3.8) is 0 Å². The van der Waals surface area contributed by atoms with E-state index in [1.807, 2.05) is 19.2 Å². The van der Waals surface area contributed by atoms with Gasteiger partial charge in [0.2, 0.25) is 0 Å². The van der Waals surface area contributed by atoms with Crippen molar-refractivity contribution in [1.29, 1.82) is 0 Å². The van der Waals surface area contributed by atoms with Crippen LogP contribution in [0.1, 0.15) is 43.7 Å². The minimum absolute atomic E-state index is 0.0666. The molecular formula is C17H24BrFN2. The normalized spacial score (nSPS) is 27.6. The summed E-state index contributed by atoms with van der Waals surface area (Å²) in [4.78, 5) is 2.58. The summed E-state index contributed by atoms with van der Waals surface area (Å²) in [6.45, 7) is 2.08. The van der Waals surface area contributed by atoms with E-state index in [-0.39, 0.29) is 11.9 Å². The van der Waals surface area contributed by atoms with Gasteiger partial charge in [0.05, 0.1) is 0 Å². The third kappa shape index (κ3) is 3.49. The van der Waals surface area contributed by atoms with E-state index in [1.165, 1.54) is 32.1 Å². The number of halogens is 2. The average molecular weight is 355 g/mol. The highest BCUT2D eigenvalue weighted by molar-refractivity contribution is 9.10. The zero-order chi connectivity index (χ0) is 14.8. The summed E-state index contributed by atoms with van der Waals surface area (Å²) in [5.41, 5.74) is 0.882. The molecule has 3 rings (SSSR count). The van der Waals surface area contributed by atoms with Crippen molar-refractivity contribution in [2.24, 2.45) is 5.92 Å². The van der Waals surface area contributed by atoms with Gasteiger partial charge in [0.25, 0.3) is 0 Å². The van der Waals surface area contributed by atoms with Crippen LogP contribution in [0.3, 0.4) is 0 Å². The first-order chi connectivity index (χ1) is 10.2. The Labute approximate surface area is 135 Å². The van der Waals surface area contributed by atoms with E-state index >= 15 is 0 Å². The number of rotatable bonds is 4. The lowest BCUT2D eigenvalue weighted by Gasteiger charge is -2.36. The lowest BCUT2D eigenvalue weighted by atomic mass is 9.88. The molecule has 1 aromatic carbocycles. The van der Waals surface area contributed by atoms with Crippen molar-refractivity contribution < 1.29 is 4.39 Å². The molecule has 1 N–H and O–H groups in total. The van der Waals surface area contributed by atoms with E-state index in [9.17, 15) is 4.39 Å². The van der Waals surface area contributed by atoms with Crippen LogP contribution in [0.25, 0.3) is 0 Å². The zero-order valence-electron chi connectivity index (χ0n) is 12.6. The molecule has 1 saturated heterocycles. The maximum absolute atomic E-state index is 14.6. The zero-order valence-corrected chi connectivity index (χ0v) is 14.2. The van der Waals surface area contributed by atoms with Gasteiger partial charge < -0.3 is 5.32 Å². The maximum atomic E-state index is 14.6. The summed E-state index contributed by atoms with van der Waals surface area (Å²) in [5.74, 6) is 0.428. The second-order valence-corrected chi connectivity index (χ2v) is 7.31. The smallest absolute Gasteiger partial charge is 0.129 e. The lowest BCUT2D eigenvalue weighted by molar-refractivity contribution is 0.142. The molecule has 2 unspecified atom stereocenters. The van der Waals surface area contributed by atoms with Gasteiger partial charge in [0.15, 0.2) is 0 Å². The number of likely N-dealkylation sites (tertiary alicyclic amines) is 1. The van der Waals surface area contributed by atoms with Gasteiger partial charge in [0.1, 0.15) is 5.82 Å². The largest absolute Gasteiger partial charge is 0.319 e. The highest BCUT2D eigenvalue weighted by atomic mass is 79.9. The number of nitrogens with zero attached hydrogens (tertiary/aromatic N) is 1. The van der Waals surface area contributed by atoms with Crippen LogP contribution < -0.4 is 5.32 Å². The second-order valence-electron chi connectivity index (χ2n) is 6.39. The molecule has 2 fully saturated rings. The molecule has 1 saturated carbocycles. The van der Waals surface area contributed by atoms with Crippen LogP contribution in [0, 0.1) is 11.7 Å². The van der Waals surface area contributed by atoms with Crippen molar-refractivity contribution in [3.8, 4) is 0 Å². The van der Waals surface area contributed by atoms with Gasteiger partial charge in [-0.2, -0.15) is 0 Å². The number of hydrogen-bond donors (Lipinski definition) is 1. The molecule has 1 heterocycles. The first-order valence-corrected chi connectivity index (χ1v) is 8.85. The quantitative estimate of drug-likeness (QED) is 0.874. The van der Waals surface area contributed by atoms with Crippen molar-refractivity contribution in [2.75, 3.05) is 20.1 Å². The highest BCUT2D eigenvalue weighted by Gasteiger charge is 2.40. The molecule has 0 aromatic heterocycles.